The van der Waals surface area contributed by atoms with Gasteiger partial charge in [0.1, 0.15) is 11.4 Å². The molecule has 0 saturated heterocycles. The van der Waals surface area contributed by atoms with Gasteiger partial charge in [-0.3, -0.25) is 14.6 Å². The molecule has 2 aromatic heterocycles. The van der Waals surface area contributed by atoms with Gasteiger partial charge in [-0.25, -0.2) is 0 Å². The Hall–Kier alpha value is -3.55. The van der Waals surface area contributed by atoms with E-state index in [0.717, 1.165) is 5.56 Å². The van der Waals surface area contributed by atoms with Crippen LogP contribution in [-0.4, -0.2) is 32.7 Å². The first-order valence-corrected chi connectivity index (χ1v) is 9.86. The molecule has 0 aliphatic heterocycles. The van der Waals surface area contributed by atoms with Gasteiger partial charge in [-0.1, -0.05) is 32.0 Å². The zero-order valence-corrected chi connectivity index (χ0v) is 17.1. The molecular weight excluding hydrogens is 382 g/mol. The fourth-order valence-corrected chi connectivity index (χ4v) is 2.67. The topological polar surface area (TPSA) is 110 Å². The van der Waals surface area contributed by atoms with E-state index in [1.54, 1.807) is 12.4 Å². The fourth-order valence-electron chi connectivity index (χ4n) is 2.67. The molecule has 0 saturated carbocycles. The average Bonchev–Trinajstić information content (AvgIpc) is 2.76. The molecule has 8 heteroatoms. The molecule has 0 bridgehead atoms. The van der Waals surface area contributed by atoms with Crippen molar-refractivity contribution in [2.24, 2.45) is 5.92 Å². The number of rotatable bonds is 9. The summed E-state index contributed by atoms with van der Waals surface area (Å²) in [6.07, 6.45) is 3.72. The number of hydrogen-bond donors (Lipinski definition) is 2. The largest absolute Gasteiger partial charge is 0.493 e. The quantitative estimate of drug-likeness (QED) is 0.564. The van der Waals surface area contributed by atoms with E-state index in [0.29, 0.717) is 36.2 Å². The maximum absolute atomic E-state index is 12.4. The molecule has 0 aliphatic carbocycles. The SMILES string of the molecule is CC(C)COc1cccc(-c2nnc(CCC(=O)NCc3cccnc3)c(=O)[nH]2)c1. The monoisotopic (exact) mass is 407 g/mol. The van der Waals surface area contributed by atoms with Crippen molar-refractivity contribution in [2.45, 2.75) is 33.2 Å². The normalized spacial score (nSPS) is 10.8. The molecule has 3 rings (SSSR count). The van der Waals surface area contributed by atoms with Gasteiger partial charge in [-0.15, -0.1) is 10.2 Å². The Bertz CT molecular complexity index is 1030. The minimum atomic E-state index is -0.353. The molecule has 0 unspecified atom stereocenters. The predicted molar refractivity (Wildman–Crippen MR) is 113 cm³/mol. The molecule has 0 radical (unpaired) electrons. The van der Waals surface area contributed by atoms with E-state index in [1.807, 2.05) is 36.4 Å². The maximum Gasteiger partial charge on any atom is 0.273 e. The molecule has 0 aliphatic rings. The van der Waals surface area contributed by atoms with Crippen molar-refractivity contribution in [2.75, 3.05) is 6.61 Å². The first-order valence-electron chi connectivity index (χ1n) is 9.86. The number of carbonyl (C=O) groups is 1. The summed E-state index contributed by atoms with van der Waals surface area (Å²) in [5.74, 6) is 1.31. The second-order valence-electron chi connectivity index (χ2n) is 7.32. The molecule has 1 aromatic carbocycles. The third-order valence-electron chi connectivity index (χ3n) is 4.26. The number of aromatic amines is 1. The van der Waals surface area contributed by atoms with Gasteiger partial charge in [0.25, 0.3) is 5.56 Å². The Kier molecular flexibility index (Phi) is 7.26. The number of nitrogens with zero attached hydrogens (tertiary/aromatic N) is 3. The van der Waals surface area contributed by atoms with Crippen LogP contribution in [0.15, 0.2) is 53.6 Å². The Labute approximate surface area is 174 Å². The van der Waals surface area contributed by atoms with Crippen LogP contribution in [0.25, 0.3) is 11.4 Å². The van der Waals surface area contributed by atoms with Crippen molar-refractivity contribution in [1.82, 2.24) is 25.5 Å². The van der Waals surface area contributed by atoms with Gasteiger partial charge in [0.15, 0.2) is 5.82 Å². The van der Waals surface area contributed by atoms with Gasteiger partial charge in [-0.2, -0.15) is 0 Å². The van der Waals surface area contributed by atoms with Crippen molar-refractivity contribution in [3.8, 4) is 17.1 Å². The standard InChI is InChI=1S/C22H25N5O3/c1-15(2)14-30-18-7-3-6-17(11-18)21-25-22(29)19(26-27-21)8-9-20(28)24-13-16-5-4-10-23-12-16/h3-7,10-12,15H,8-9,13-14H2,1-2H3,(H,24,28)(H,25,27,29). The minimum Gasteiger partial charge on any atom is -0.493 e. The zero-order valence-electron chi connectivity index (χ0n) is 17.1. The van der Waals surface area contributed by atoms with Crippen LogP contribution in [-0.2, 0) is 17.8 Å². The lowest BCUT2D eigenvalue weighted by molar-refractivity contribution is -0.121. The molecule has 2 N–H and O–H groups in total. The average molecular weight is 407 g/mol. The van der Waals surface area contributed by atoms with Crippen molar-refractivity contribution < 1.29 is 9.53 Å². The van der Waals surface area contributed by atoms with Crippen LogP contribution in [0.1, 0.15) is 31.5 Å². The number of benzene rings is 1. The van der Waals surface area contributed by atoms with E-state index < -0.39 is 0 Å². The van der Waals surface area contributed by atoms with Crippen LogP contribution in [0, 0.1) is 5.92 Å². The molecule has 156 valence electrons. The summed E-state index contributed by atoms with van der Waals surface area (Å²) in [6, 6.07) is 11.0. The second-order valence-corrected chi connectivity index (χ2v) is 7.32. The number of nitrogens with one attached hydrogen (secondary N) is 2. The van der Waals surface area contributed by atoms with Crippen LogP contribution >= 0.6 is 0 Å². The molecule has 2 heterocycles. The number of H-pyrrole nitrogens is 1. The molecule has 0 fully saturated rings. The third kappa shape index (κ3) is 6.23. The lowest BCUT2D eigenvalue weighted by atomic mass is 10.2. The van der Waals surface area contributed by atoms with Crippen molar-refractivity contribution >= 4 is 5.91 Å². The zero-order chi connectivity index (χ0) is 21.3. The number of aromatic nitrogens is 4. The van der Waals surface area contributed by atoms with Crippen molar-refractivity contribution in [3.05, 3.63) is 70.4 Å². The van der Waals surface area contributed by atoms with E-state index in [9.17, 15) is 9.59 Å². The van der Waals surface area contributed by atoms with Gasteiger partial charge < -0.3 is 15.0 Å². The highest BCUT2D eigenvalue weighted by atomic mass is 16.5. The second kappa shape index (κ2) is 10.3. The fraction of sp³-hybridized carbons (Fsp3) is 0.318. The van der Waals surface area contributed by atoms with E-state index in [1.165, 1.54) is 0 Å². The van der Waals surface area contributed by atoms with Crippen molar-refractivity contribution in [3.63, 3.8) is 0 Å². The van der Waals surface area contributed by atoms with Crippen LogP contribution < -0.4 is 15.6 Å². The lowest BCUT2D eigenvalue weighted by Crippen LogP contribution is -2.25. The number of aryl methyl sites for hydroxylation is 1. The highest BCUT2D eigenvalue weighted by Crippen LogP contribution is 2.20. The smallest absolute Gasteiger partial charge is 0.273 e. The molecule has 30 heavy (non-hydrogen) atoms. The predicted octanol–water partition coefficient (Wildman–Crippen LogP) is 2.51. The maximum atomic E-state index is 12.4. The summed E-state index contributed by atoms with van der Waals surface area (Å²) < 4.78 is 5.71. The summed E-state index contributed by atoms with van der Waals surface area (Å²) in [7, 11) is 0. The Morgan fingerprint density at radius 2 is 2.07 bits per heavy atom. The third-order valence-corrected chi connectivity index (χ3v) is 4.26. The van der Waals surface area contributed by atoms with Crippen LogP contribution in [0.5, 0.6) is 5.75 Å². The van der Waals surface area contributed by atoms with Gasteiger partial charge >= 0.3 is 0 Å². The van der Waals surface area contributed by atoms with Crippen molar-refractivity contribution in [1.29, 1.82) is 0 Å². The van der Waals surface area contributed by atoms with Gasteiger partial charge in [0.2, 0.25) is 5.91 Å². The van der Waals surface area contributed by atoms with Crippen LogP contribution in [0.2, 0.25) is 0 Å². The number of ether oxygens (including phenoxy) is 1. The summed E-state index contributed by atoms with van der Waals surface area (Å²) >= 11 is 0. The Balaban J connectivity index is 1.58. The highest BCUT2D eigenvalue weighted by molar-refractivity contribution is 5.76. The Morgan fingerprint density at radius 1 is 1.20 bits per heavy atom. The summed E-state index contributed by atoms with van der Waals surface area (Å²) in [6.45, 7) is 5.14. The minimum absolute atomic E-state index is 0.149. The molecular formula is C22H25N5O3. The first-order chi connectivity index (χ1) is 14.5. The van der Waals surface area contributed by atoms with Crippen LogP contribution in [0.3, 0.4) is 0 Å². The molecule has 8 nitrogen and oxygen atoms in total. The molecule has 0 spiro atoms. The van der Waals surface area contributed by atoms with Gasteiger partial charge in [0.05, 0.1) is 6.61 Å². The van der Waals surface area contributed by atoms with E-state index in [-0.39, 0.29) is 30.0 Å². The number of carbonyl (C=O) groups excluding carboxylic acids is 1. The molecule has 3 aromatic rings. The van der Waals surface area contributed by atoms with Gasteiger partial charge in [0, 0.05) is 37.3 Å². The van der Waals surface area contributed by atoms with Crippen LogP contribution in [0.4, 0.5) is 0 Å². The molecule has 0 atom stereocenters. The number of hydrogen-bond acceptors (Lipinski definition) is 6. The number of amides is 1. The summed E-state index contributed by atoms with van der Waals surface area (Å²) in [5.41, 5.74) is 1.49. The number of pyridine rings is 1. The molecule has 1 amide bonds. The Morgan fingerprint density at radius 3 is 2.80 bits per heavy atom. The van der Waals surface area contributed by atoms with E-state index in [2.05, 4.69) is 39.3 Å². The first kappa shape index (κ1) is 21.2. The lowest BCUT2D eigenvalue weighted by Gasteiger charge is -2.09. The van der Waals surface area contributed by atoms with E-state index >= 15 is 0 Å². The summed E-state index contributed by atoms with van der Waals surface area (Å²) in [5, 5.41) is 10.9. The summed E-state index contributed by atoms with van der Waals surface area (Å²) in [4.78, 5) is 31.1. The van der Waals surface area contributed by atoms with Gasteiger partial charge in [-0.05, 0) is 29.7 Å². The highest BCUT2D eigenvalue weighted by Gasteiger charge is 2.10. The van der Waals surface area contributed by atoms with E-state index in [4.69, 9.17) is 4.74 Å².